The minimum Gasteiger partial charge on any atom is -0.444 e. The molecule has 4 nitrogen and oxygen atoms in total. The molecule has 1 rings (SSSR count). The van der Waals surface area contributed by atoms with Crippen molar-refractivity contribution in [2.75, 3.05) is 7.11 Å². The van der Waals surface area contributed by atoms with E-state index in [1.807, 2.05) is 46.8 Å². The van der Waals surface area contributed by atoms with Gasteiger partial charge in [-0.15, -0.1) is 0 Å². The molecule has 0 bridgehead atoms. The van der Waals surface area contributed by atoms with E-state index in [4.69, 9.17) is 9.47 Å². The largest absolute Gasteiger partial charge is 0.444 e. The van der Waals surface area contributed by atoms with E-state index < -0.39 is 11.7 Å². The van der Waals surface area contributed by atoms with Crippen LogP contribution in [0.3, 0.4) is 0 Å². The Kier molecular flexibility index (Phi) is 4.22. The third-order valence-corrected chi connectivity index (χ3v) is 3.08. The van der Waals surface area contributed by atoms with Crippen LogP contribution in [-0.2, 0) is 9.47 Å². The number of rotatable bonds is 2. The van der Waals surface area contributed by atoms with Crippen molar-refractivity contribution < 1.29 is 14.3 Å². The molecule has 1 aliphatic carbocycles. The Morgan fingerprint density at radius 3 is 2.56 bits per heavy atom. The highest BCUT2D eigenvalue weighted by Crippen LogP contribution is 2.30. The lowest BCUT2D eigenvalue weighted by molar-refractivity contribution is 0.0375. The number of nitrogens with one attached hydrogen (secondary N) is 1. The van der Waals surface area contributed by atoms with Crippen molar-refractivity contribution in [1.29, 1.82) is 0 Å². The first-order chi connectivity index (χ1) is 8.18. The second kappa shape index (κ2) is 5.14. The first-order valence-corrected chi connectivity index (χ1v) is 6.11. The molecule has 4 heteroatoms. The molecule has 1 atom stereocenters. The van der Waals surface area contributed by atoms with Crippen molar-refractivity contribution in [3.05, 3.63) is 23.4 Å². The van der Waals surface area contributed by atoms with E-state index in [1.54, 1.807) is 7.11 Å². The van der Waals surface area contributed by atoms with Crippen LogP contribution in [0.5, 0.6) is 0 Å². The third-order valence-electron chi connectivity index (χ3n) is 3.08. The van der Waals surface area contributed by atoms with Gasteiger partial charge >= 0.3 is 6.09 Å². The maximum atomic E-state index is 11.7. The van der Waals surface area contributed by atoms with Crippen molar-refractivity contribution in [3.63, 3.8) is 0 Å². The van der Waals surface area contributed by atoms with E-state index in [1.165, 1.54) is 0 Å². The molecule has 0 saturated heterocycles. The molecule has 0 saturated carbocycles. The first-order valence-electron chi connectivity index (χ1n) is 6.11. The van der Waals surface area contributed by atoms with Gasteiger partial charge in [0, 0.05) is 12.8 Å². The van der Waals surface area contributed by atoms with Gasteiger partial charge in [-0.3, -0.25) is 5.32 Å². The van der Waals surface area contributed by atoms with Crippen LogP contribution in [0.15, 0.2) is 23.4 Å². The van der Waals surface area contributed by atoms with E-state index in [-0.39, 0.29) is 5.60 Å². The normalized spacial score (nSPS) is 24.1. The Bertz CT molecular complexity index is 390. The van der Waals surface area contributed by atoms with Gasteiger partial charge < -0.3 is 9.47 Å². The van der Waals surface area contributed by atoms with Crippen LogP contribution < -0.4 is 5.32 Å². The Hall–Kier alpha value is -1.29. The Labute approximate surface area is 109 Å². The summed E-state index contributed by atoms with van der Waals surface area (Å²) in [4.78, 5) is 11.7. The minimum absolute atomic E-state index is 0.362. The molecular formula is C14H23NO3. The van der Waals surface area contributed by atoms with Gasteiger partial charge in [0.1, 0.15) is 5.60 Å². The predicted molar refractivity (Wildman–Crippen MR) is 71.2 cm³/mol. The van der Waals surface area contributed by atoms with Gasteiger partial charge in [0.15, 0.2) is 0 Å². The Balaban J connectivity index is 2.81. The van der Waals surface area contributed by atoms with Gasteiger partial charge in [-0.2, -0.15) is 0 Å². The van der Waals surface area contributed by atoms with Crippen molar-refractivity contribution in [2.24, 2.45) is 0 Å². The monoisotopic (exact) mass is 253 g/mol. The van der Waals surface area contributed by atoms with Crippen LogP contribution in [0, 0.1) is 0 Å². The number of allylic oxidation sites excluding steroid dienone is 1. The van der Waals surface area contributed by atoms with E-state index in [9.17, 15) is 4.79 Å². The summed E-state index contributed by atoms with van der Waals surface area (Å²) in [6.45, 7) is 9.47. The van der Waals surface area contributed by atoms with Crippen LogP contribution in [0.25, 0.3) is 0 Å². The lowest BCUT2D eigenvalue weighted by atomic mass is 9.87. The van der Waals surface area contributed by atoms with Crippen LogP contribution in [-0.4, -0.2) is 24.4 Å². The molecule has 1 amide bonds. The van der Waals surface area contributed by atoms with Gasteiger partial charge in [-0.05, 0) is 52.7 Å². The zero-order valence-corrected chi connectivity index (χ0v) is 12.1. The maximum Gasteiger partial charge on any atom is 0.412 e. The molecule has 1 aliphatic rings. The first kappa shape index (κ1) is 14.8. The topological polar surface area (TPSA) is 47.6 Å². The summed E-state index contributed by atoms with van der Waals surface area (Å²) < 4.78 is 10.7. The zero-order valence-electron chi connectivity index (χ0n) is 12.1. The molecule has 1 unspecified atom stereocenters. The smallest absolute Gasteiger partial charge is 0.412 e. The lowest BCUT2D eigenvalue weighted by Crippen LogP contribution is -2.37. The lowest BCUT2D eigenvalue weighted by Gasteiger charge is -2.32. The Morgan fingerprint density at radius 1 is 1.44 bits per heavy atom. The quantitative estimate of drug-likeness (QED) is 0.822. The average molecular weight is 253 g/mol. The molecule has 0 radical (unpaired) electrons. The fourth-order valence-corrected chi connectivity index (χ4v) is 1.75. The molecule has 0 fully saturated rings. The average Bonchev–Trinajstić information content (AvgIpc) is 2.22. The Morgan fingerprint density at radius 2 is 2.06 bits per heavy atom. The van der Waals surface area contributed by atoms with Crippen LogP contribution in [0.2, 0.25) is 0 Å². The van der Waals surface area contributed by atoms with Crippen molar-refractivity contribution in [3.8, 4) is 0 Å². The zero-order chi connectivity index (χ0) is 14.0. The van der Waals surface area contributed by atoms with E-state index in [0.29, 0.717) is 0 Å². The molecule has 0 spiro atoms. The second-order valence-corrected chi connectivity index (χ2v) is 5.71. The summed E-state index contributed by atoms with van der Waals surface area (Å²) in [6.07, 6.45) is 4.24. The van der Waals surface area contributed by atoms with E-state index in [0.717, 1.165) is 17.7 Å². The van der Waals surface area contributed by atoms with Gasteiger partial charge in [-0.1, -0.05) is 6.08 Å². The molecule has 102 valence electrons. The van der Waals surface area contributed by atoms with Gasteiger partial charge in [-0.25, -0.2) is 4.79 Å². The third kappa shape index (κ3) is 3.60. The molecule has 0 aromatic heterocycles. The number of hydrogen-bond acceptors (Lipinski definition) is 3. The summed E-state index contributed by atoms with van der Waals surface area (Å²) in [7, 11) is 1.67. The van der Waals surface area contributed by atoms with E-state index in [2.05, 4.69) is 5.32 Å². The highest BCUT2D eigenvalue weighted by molar-refractivity contribution is 5.71. The second-order valence-electron chi connectivity index (χ2n) is 5.71. The maximum absolute atomic E-state index is 11.7. The number of carbonyl (C=O) groups excluding carboxylic acids is 1. The molecule has 1 N–H and O–H groups in total. The fraction of sp³-hybridized carbons (Fsp3) is 0.643. The number of alkyl carbamates (subject to hydrolysis) is 1. The summed E-state index contributed by atoms with van der Waals surface area (Å²) in [5, 5.41) is 2.77. The molecule has 0 aromatic carbocycles. The number of methoxy groups -OCH3 is 1. The van der Waals surface area contributed by atoms with Crippen LogP contribution >= 0.6 is 0 Å². The highest BCUT2D eigenvalue weighted by Gasteiger charge is 2.30. The highest BCUT2D eigenvalue weighted by atomic mass is 16.6. The van der Waals surface area contributed by atoms with Crippen molar-refractivity contribution in [2.45, 2.75) is 52.2 Å². The summed E-state index contributed by atoms with van der Waals surface area (Å²) >= 11 is 0. The molecule has 18 heavy (non-hydrogen) atoms. The predicted octanol–water partition coefficient (Wildman–Crippen LogP) is 3.15. The number of amides is 1. The summed E-state index contributed by atoms with van der Waals surface area (Å²) in [6, 6.07) is 0. The summed E-state index contributed by atoms with van der Waals surface area (Å²) in [5.41, 5.74) is 0.888. The molecule has 0 aromatic rings. The molecule has 0 aliphatic heterocycles. The number of carbonyl (C=O) groups is 1. The van der Waals surface area contributed by atoms with E-state index >= 15 is 0 Å². The number of ether oxygens (including phenoxy) is 2. The number of hydrogen-bond donors (Lipinski definition) is 1. The van der Waals surface area contributed by atoms with Crippen LogP contribution in [0.1, 0.15) is 41.0 Å². The van der Waals surface area contributed by atoms with Crippen molar-refractivity contribution >= 4 is 6.09 Å². The van der Waals surface area contributed by atoms with Crippen molar-refractivity contribution in [1.82, 2.24) is 5.32 Å². The van der Waals surface area contributed by atoms with Gasteiger partial charge in [0.05, 0.1) is 5.60 Å². The minimum atomic E-state index is -0.499. The van der Waals surface area contributed by atoms with Gasteiger partial charge in [0.2, 0.25) is 0 Å². The fourth-order valence-electron chi connectivity index (χ4n) is 1.75. The SMILES string of the molecule is COC1(C)CC=CC(NC(=O)OC(C)(C)C)=C1C. The summed E-state index contributed by atoms with van der Waals surface area (Å²) in [5.74, 6) is 0. The standard InChI is InChI=1S/C14H23NO3/c1-10-11(8-7-9-14(10,5)17-6)15-12(16)18-13(2,3)4/h7-8H,9H2,1-6H3,(H,15,16). The molecular weight excluding hydrogens is 230 g/mol. The molecule has 0 heterocycles. The van der Waals surface area contributed by atoms with Gasteiger partial charge in [0.25, 0.3) is 0 Å². The van der Waals surface area contributed by atoms with Crippen LogP contribution in [0.4, 0.5) is 4.79 Å².